The molecule has 1 amide bonds. The van der Waals surface area contributed by atoms with Crippen LogP contribution in [-0.4, -0.2) is 23.7 Å². The molecule has 0 aliphatic carbocycles. The van der Waals surface area contributed by atoms with Crippen LogP contribution < -0.4 is 4.80 Å². The average molecular weight is 386 g/mol. The summed E-state index contributed by atoms with van der Waals surface area (Å²) in [6, 6.07) is 12.9. The number of thiazole rings is 1. The Morgan fingerprint density at radius 1 is 1.15 bits per heavy atom. The van der Waals surface area contributed by atoms with Gasteiger partial charge < -0.3 is 9.30 Å². The van der Waals surface area contributed by atoms with Crippen LogP contribution in [0.15, 0.2) is 47.5 Å². The lowest BCUT2D eigenvalue weighted by molar-refractivity contribution is -0.117. The molecule has 0 spiro atoms. The number of carbonyl (C=O) groups is 1. The monoisotopic (exact) mass is 386 g/mol. The van der Waals surface area contributed by atoms with Crippen molar-refractivity contribution >= 4 is 27.5 Å². The van der Waals surface area contributed by atoms with E-state index in [1.165, 1.54) is 23.0 Å². The molecule has 0 unspecified atom stereocenters. The molecule has 0 radical (unpaired) electrons. The van der Waals surface area contributed by atoms with Crippen molar-refractivity contribution < 1.29 is 13.9 Å². The van der Waals surface area contributed by atoms with Gasteiger partial charge in [-0.25, -0.2) is 4.39 Å². The van der Waals surface area contributed by atoms with Gasteiger partial charge in [0.1, 0.15) is 5.82 Å². The topological polar surface area (TPSA) is 43.6 Å². The number of halogens is 1. The Balaban J connectivity index is 1.92. The molecular formula is C21H23FN2O2S. The maximum absolute atomic E-state index is 14.3. The summed E-state index contributed by atoms with van der Waals surface area (Å²) in [6.07, 6.45) is 1.19. The number of fused-ring (bicyclic) bond motifs is 1. The van der Waals surface area contributed by atoms with Crippen LogP contribution in [0.25, 0.3) is 10.2 Å². The number of amides is 1. The molecule has 142 valence electrons. The van der Waals surface area contributed by atoms with Gasteiger partial charge >= 0.3 is 0 Å². The first-order valence-electron chi connectivity index (χ1n) is 9.13. The largest absolute Gasteiger partial charge is 0.380 e. The average Bonchev–Trinajstić information content (AvgIpc) is 3.01. The zero-order chi connectivity index (χ0) is 19.2. The summed E-state index contributed by atoms with van der Waals surface area (Å²) >= 11 is 1.32. The minimum absolute atomic E-state index is 0.228. The quantitative estimate of drug-likeness (QED) is 0.574. The van der Waals surface area contributed by atoms with E-state index in [0.29, 0.717) is 30.1 Å². The first-order valence-corrected chi connectivity index (χ1v) is 9.95. The van der Waals surface area contributed by atoms with E-state index in [4.69, 9.17) is 4.74 Å². The third kappa shape index (κ3) is 4.70. The van der Waals surface area contributed by atoms with Gasteiger partial charge in [0.15, 0.2) is 4.80 Å². The molecule has 0 aliphatic rings. The van der Waals surface area contributed by atoms with Crippen LogP contribution in [0.5, 0.6) is 0 Å². The van der Waals surface area contributed by atoms with E-state index < -0.39 is 0 Å². The molecule has 0 aliphatic heterocycles. The zero-order valence-corrected chi connectivity index (χ0v) is 16.4. The minimum Gasteiger partial charge on any atom is -0.380 e. The van der Waals surface area contributed by atoms with E-state index in [1.54, 1.807) is 10.6 Å². The van der Waals surface area contributed by atoms with E-state index in [1.807, 2.05) is 37.3 Å². The molecule has 3 aromatic rings. The van der Waals surface area contributed by atoms with Crippen LogP contribution in [0.1, 0.15) is 25.0 Å². The fourth-order valence-corrected chi connectivity index (χ4v) is 3.98. The van der Waals surface area contributed by atoms with Crippen molar-refractivity contribution in [2.75, 3.05) is 13.2 Å². The lowest BCUT2D eigenvalue weighted by Gasteiger charge is -2.06. The molecule has 27 heavy (non-hydrogen) atoms. The number of benzene rings is 2. The highest BCUT2D eigenvalue weighted by Gasteiger charge is 2.12. The first-order chi connectivity index (χ1) is 13.1. The number of hydrogen-bond acceptors (Lipinski definition) is 3. The standard InChI is InChI=1S/C21H23FN2O2S/c1-3-15-8-10-16(11-9-15)14-19(25)23-21-24(12-13-26-4-2)20-17(22)6-5-7-18(20)27-21/h5-11H,3-4,12-14H2,1-2H3. The maximum atomic E-state index is 14.3. The highest BCUT2D eigenvalue weighted by molar-refractivity contribution is 7.16. The van der Waals surface area contributed by atoms with E-state index in [0.717, 1.165) is 16.7 Å². The summed E-state index contributed by atoms with van der Waals surface area (Å²) in [6.45, 7) is 5.49. The molecule has 0 bridgehead atoms. The van der Waals surface area contributed by atoms with Gasteiger partial charge in [-0.05, 0) is 36.6 Å². The lowest BCUT2D eigenvalue weighted by Crippen LogP contribution is -2.20. The van der Waals surface area contributed by atoms with E-state index in [-0.39, 0.29) is 18.1 Å². The number of hydrogen-bond donors (Lipinski definition) is 0. The van der Waals surface area contributed by atoms with E-state index in [9.17, 15) is 9.18 Å². The summed E-state index contributed by atoms with van der Waals surface area (Å²) in [7, 11) is 0. The minimum atomic E-state index is -0.315. The van der Waals surface area contributed by atoms with Crippen molar-refractivity contribution in [3.63, 3.8) is 0 Å². The van der Waals surface area contributed by atoms with Gasteiger partial charge in [-0.3, -0.25) is 4.79 Å². The van der Waals surface area contributed by atoms with Crippen LogP contribution in [0.4, 0.5) is 4.39 Å². The lowest BCUT2D eigenvalue weighted by atomic mass is 10.1. The predicted octanol–water partition coefficient (Wildman–Crippen LogP) is 4.11. The number of aromatic nitrogens is 1. The Bertz CT molecular complexity index is 990. The van der Waals surface area contributed by atoms with Gasteiger partial charge in [0.05, 0.1) is 23.2 Å². The number of carbonyl (C=O) groups excluding carboxylic acids is 1. The molecule has 0 saturated heterocycles. The molecule has 0 N–H and O–H groups in total. The van der Waals surface area contributed by atoms with Gasteiger partial charge in [-0.15, -0.1) is 0 Å². The Morgan fingerprint density at radius 2 is 1.89 bits per heavy atom. The summed E-state index contributed by atoms with van der Waals surface area (Å²) in [5.74, 6) is -0.555. The summed E-state index contributed by atoms with van der Waals surface area (Å²) in [5, 5.41) is 0. The molecule has 3 rings (SSSR count). The number of nitrogens with zero attached hydrogens (tertiary/aromatic N) is 2. The summed E-state index contributed by atoms with van der Waals surface area (Å²) in [4.78, 5) is 17.3. The van der Waals surface area contributed by atoms with Crippen molar-refractivity contribution in [3.05, 3.63) is 64.2 Å². The Kier molecular flexibility index (Phi) is 6.53. The molecule has 1 aromatic heterocycles. The van der Waals surface area contributed by atoms with E-state index >= 15 is 0 Å². The molecule has 4 nitrogen and oxygen atoms in total. The van der Waals surface area contributed by atoms with Gasteiger partial charge in [0.25, 0.3) is 5.91 Å². The fraction of sp³-hybridized carbons (Fsp3) is 0.333. The molecule has 0 saturated carbocycles. The van der Waals surface area contributed by atoms with Gasteiger partial charge in [0.2, 0.25) is 0 Å². The summed E-state index contributed by atoms with van der Waals surface area (Å²) in [5.41, 5.74) is 2.63. The van der Waals surface area contributed by atoms with Crippen LogP contribution >= 0.6 is 11.3 Å². The van der Waals surface area contributed by atoms with Crippen LogP contribution in [0, 0.1) is 5.82 Å². The number of rotatable bonds is 7. The van der Waals surface area contributed by atoms with Crippen molar-refractivity contribution in [1.82, 2.24) is 4.57 Å². The predicted molar refractivity (Wildman–Crippen MR) is 106 cm³/mol. The summed E-state index contributed by atoms with van der Waals surface area (Å²) < 4.78 is 22.3. The SMILES string of the molecule is CCOCCn1c(=NC(=O)Cc2ccc(CC)cc2)sc2cccc(F)c21. The molecule has 1 heterocycles. The van der Waals surface area contributed by atoms with Gasteiger partial charge in [-0.2, -0.15) is 4.99 Å². The number of aryl methyl sites for hydroxylation is 1. The highest BCUT2D eigenvalue weighted by atomic mass is 32.1. The van der Waals surface area contributed by atoms with Crippen molar-refractivity contribution in [2.24, 2.45) is 4.99 Å². The fourth-order valence-electron chi connectivity index (χ4n) is 2.89. The van der Waals surface area contributed by atoms with Crippen molar-refractivity contribution in [2.45, 2.75) is 33.2 Å². The molecule has 0 atom stereocenters. The number of ether oxygens (including phenoxy) is 1. The van der Waals surface area contributed by atoms with Gasteiger partial charge in [0, 0.05) is 13.2 Å². The molecule has 2 aromatic carbocycles. The Labute approximate surface area is 161 Å². The molecular weight excluding hydrogens is 363 g/mol. The van der Waals surface area contributed by atoms with Crippen LogP contribution in [0.3, 0.4) is 0 Å². The van der Waals surface area contributed by atoms with E-state index in [2.05, 4.69) is 11.9 Å². The Hall–Kier alpha value is -2.31. The highest BCUT2D eigenvalue weighted by Crippen LogP contribution is 2.20. The third-order valence-corrected chi connectivity index (χ3v) is 5.37. The smallest absolute Gasteiger partial charge is 0.252 e. The normalized spacial score (nSPS) is 12.0. The second-order valence-corrected chi connectivity index (χ2v) is 7.18. The molecule has 0 fully saturated rings. The number of para-hydroxylation sites is 1. The Morgan fingerprint density at radius 3 is 2.59 bits per heavy atom. The second-order valence-electron chi connectivity index (χ2n) is 6.17. The zero-order valence-electron chi connectivity index (χ0n) is 15.6. The first kappa shape index (κ1) is 19.5. The third-order valence-electron chi connectivity index (χ3n) is 4.32. The maximum Gasteiger partial charge on any atom is 0.252 e. The second kappa shape index (κ2) is 9.06. The van der Waals surface area contributed by atoms with Gasteiger partial charge in [-0.1, -0.05) is 48.6 Å². The van der Waals surface area contributed by atoms with Crippen LogP contribution in [-0.2, 0) is 28.9 Å². The van der Waals surface area contributed by atoms with Crippen molar-refractivity contribution in [3.8, 4) is 0 Å². The van der Waals surface area contributed by atoms with Crippen LogP contribution in [0.2, 0.25) is 0 Å². The molecule has 6 heteroatoms. The van der Waals surface area contributed by atoms with Crippen molar-refractivity contribution in [1.29, 1.82) is 0 Å².